The quantitative estimate of drug-likeness (QED) is 0.778. The number of rotatable bonds is 5. The molecule has 2 aromatic rings. The Balaban J connectivity index is 1.63. The van der Waals surface area contributed by atoms with Gasteiger partial charge in [0.1, 0.15) is 6.10 Å². The van der Waals surface area contributed by atoms with E-state index >= 15 is 0 Å². The fourth-order valence-corrected chi connectivity index (χ4v) is 3.65. The number of hydrogen-bond donors (Lipinski definition) is 0. The summed E-state index contributed by atoms with van der Waals surface area (Å²) in [4.78, 5) is 12.5. The Bertz CT molecular complexity index is 761. The molecule has 1 unspecified atom stereocenters. The maximum absolute atomic E-state index is 12.5. The lowest BCUT2D eigenvalue weighted by atomic mass is 9.90. The zero-order valence-corrected chi connectivity index (χ0v) is 15.7. The molecule has 1 aromatic heterocycles. The van der Waals surface area contributed by atoms with Crippen LogP contribution in [0, 0.1) is 19.8 Å². The monoisotopic (exact) mass is 340 g/mol. The number of esters is 1. The largest absolute Gasteiger partial charge is 0.462 e. The van der Waals surface area contributed by atoms with Crippen molar-refractivity contribution in [3.63, 3.8) is 0 Å². The van der Waals surface area contributed by atoms with Crippen molar-refractivity contribution in [2.45, 2.75) is 66.0 Å². The molecule has 4 nitrogen and oxygen atoms in total. The summed E-state index contributed by atoms with van der Waals surface area (Å²) in [7, 11) is 0. The van der Waals surface area contributed by atoms with E-state index in [0.29, 0.717) is 12.3 Å². The highest BCUT2D eigenvalue weighted by atomic mass is 16.5. The maximum Gasteiger partial charge on any atom is 0.310 e. The molecule has 0 amide bonds. The molecular weight excluding hydrogens is 312 g/mol. The smallest absolute Gasteiger partial charge is 0.310 e. The summed E-state index contributed by atoms with van der Waals surface area (Å²) in [5.74, 6) is 0.389. The Morgan fingerprint density at radius 2 is 2.00 bits per heavy atom. The van der Waals surface area contributed by atoms with Crippen molar-refractivity contribution in [3.8, 4) is 0 Å². The molecular formula is C21H28N2O2. The molecule has 1 atom stereocenters. The van der Waals surface area contributed by atoms with Gasteiger partial charge in [-0.05, 0) is 43.7 Å². The first-order valence-corrected chi connectivity index (χ1v) is 9.23. The predicted octanol–water partition coefficient (Wildman–Crippen LogP) is 3.80. The number of hydrogen-bond acceptors (Lipinski definition) is 3. The van der Waals surface area contributed by atoms with Crippen LogP contribution >= 0.6 is 0 Å². The van der Waals surface area contributed by atoms with E-state index in [0.717, 1.165) is 42.8 Å². The van der Waals surface area contributed by atoms with E-state index in [1.807, 2.05) is 18.5 Å². The summed E-state index contributed by atoms with van der Waals surface area (Å²) in [6.07, 6.45) is 3.03. The van der Waals surface area contributed by atoms with Crippen LogP contribution in [0.3, 0.4) is 0 Å². The second-order valence-electron chi connectivity index (χ2n) is 7.53. The minimum Gasteiger partial charge on any atom is -0.462 e. The van der Waals surface area contributed by atoms with Crippen LogP contribution in [-0.4, -0.2) is 21.9 Å². The third-order valence-corrected chi connectivity index (χ3v) is 4.99. The van der Waals surface area contributed by atoms with Gasteiger partial charge in [-0.15, -0.1) is 0 Å². The Morgan fingerprint density at radius 1 is 1.28 bits per heavy atom. The average Bonchev–Trinajstić information content (AvgIpc) is 2.81. The Hall–Kier alpha value is -2.10. The molecule has 0 saturated heterocycles. The van der Waals surface area contributed by atoms with Gasteiger partial charge in [-0.25, -0.2) is 0 Å². The Morgan fingerprint density at radius 3 is 2.72 bits per heavy atom. The van der Waals surface area contributed by atoms with E-state index in [4.69, 9.17) is 4.74 Å². The van der Waals surface area contributed by atoms with E-state index in [1.54, 1.807) is 0 Å². The first-order chi connectivity index (χ1) is 11.9. The molecule has 1 aromatic carbocycles. The molecule has 0 N–H and O–H groups in total. The number of benzene rings is 1. The third kappa shape index (κ3) is 4.12. The lowest BCUT2D eigenvalue weighted by Crippen LogP contribution is -2.26. The van der Waals surface area contributed by atoms with Crippen LogP contribution in [0.25, 0.3) is 0 Å². The van der Waals surface area contributed by atoms with Crippen molar-refractivity contribution in [3.05, 3.63) is 52.3 Å². The minimum absolute atomic E-state index is 0.00581. The molecule has 134 valence electrons. The summed E-state index contributed by atoms with van der Waals surface area (Å²) < 4.78 is 7.79. The normalized spacial score (nSPS) is 16.8. The van der Waals surface area contributed by atoms with Gasteiger partial charge in [-0.1, -0.05) is 38.1 Å². The predicted molar refractivity (Wildman–Crippen MR) is 98.6 cm³/mol. The van der Waals surface area contributed by atoms with Crippen molar-refractivity contribution in [1.29, 1.82) is 0 Å². The van der Waals surface area contributed by atoms with Gasteiger partial charge in [0.05, 0.1) is 12.1 Å². The second kappa shape index (κ2) is 7.42. The minimum atomic E-state index is -0.139. The fourth-order valence-electron chi connectivity index (χ4n) is 3.65. The molecule has 0 saturated carbocycles. The van der Waals surface area contributed by atoms with E-state index in [9.17, 15) is 4.79 Å². The van der Waals surface area contributed by atoms with E-state index < -0.39 is 0 Å². The van der Waals surface area contributed by atoms with Gasteiger partial charge in [0.25, 0.3) is 0 Å². The average molecular weight is 340 g/mol. The first kappa shape index (κ1) is 17.7. The van der Waals surface area contributed by atoms with E-state index in [1.165, 1.54) is 11.1 Å². The van der Waals surface area contributed by atoms with Gasteiger partial charge >= 0.3 is 5.97 Å². The van der Waals surface area contributed by atoms with E-state index in [2.05, 4.69) is 43.2 Å². The van der Waals surface area contributed by atoms with Crippen LogP contribution in [0.2, 0.25) is 0 Å². The van der Waals surface area contributed by atoms with Gasteiger partial charge in [0, 0.05) is 24.2 Å². The lowest BCUT2D eigenvalue weighted by molar-refractivity contribution is -0.148. The first-order valence-electron chi connectivity index (χ1n) is 9.23. The van der Waals surface area contributed by atoms with Crippen molar-refractivity contribution < 1.29 is 9.53 Å². The lowest BCUT2D eigenvalue weighted by Gasteiger charge is -2.24. The summed E-state index contributed by atoms with van der Waals surface area (Å²) >= 11 is 0. The highest BCUT2D eigenvalue weighted by molar-refractivity contribution is 5.73. The number of aromatic nitrogens is 2. The van der Waals surface area contributed by atoms with Crippen molar-refractivity contribution >= 4 is 5.97 Å². The second-order valence-corrected chi connectivity index (χ2v) is 7.53. The van der Waals surface area contributed by atoms with Gasteiger partial charge in [-0.3, -0.25) is 9.48 Å². The van der Waals surface area contributed by atoms with Crippen molar-refractivity contribution in [2.24, 2.45) is 5.92 Å². The van der Waals surface area contributed by atoms with Gasteiger partial charge < -0.3 is 4.74 Å². The number of aryl methyl sites for hydroxylation is 2. The molecule has 1 aliphatic carbocycles. The highest BCUT2D eigenvalue weighted by Gasteiger charge is 2.23. The molecule has 0 spiro atoms. The zero-order valence-electron chi connectivity index (χ0n) is 15.7. The molecule has 0 radical (unpaired) electrons. The van der Waals surface area contributed by atoms with Crippen LogP contribution < -0.4 is 0 Å². The van der Waals surface area contributed by atoms with Crippen LogP contribution in [-0.2, 0) is 35.3 Å². The highest BCUT2D eigenvalue weighted by Crippen LogP contribution is 2.24. The molecule has 4 heteroatoms. The number of carbonyl (C=O) groups is 1. The number of fused-ring (bicyclic) bond motifs is 1. The molecule has 25 heavy (non-hydrogen) atoms. The standard InChI is InChI=1S/C21H28N2O2/c1-14(2)13-23-16(4)20(15(3)22-23)12-21(24)25-19-10-9-17-7-5-6-8-18(17)11-19/h5-8,14,19H,9-13H2,1-4H3. The Kier molecular flexibility index (Phi) is 5.26. The fraction of sp³-hybridized carbons (Fsp3) is 0.524. The number of carbonyl (C=O) groups excluding carboxylic acids is 1. The summed E-state index contributed by atoms with van der Waals surface area (Å²) in [5.41, 5.74) is 5.73. The third-order valence-electron chi connectivity index (χ3n) is 4.99. The summed E-state index contributed by atoms with van der Waals surface area (Å²) in [6, 6.07) is 8.44. The summed E-state index contributed by atoms with van der Waals surface area (Å²) in [5, 5.41) is 4.59. The van der Waals surface area contributed by atoms with Crippen LogP contribution in [0.15, 0.2) is 24.3 Å². The van der Waals surface area contributed by atoms with Crippen molar-refractivity contribution in [1.82, 2.24) is 9.78 Å². The molecule has 1 aliphatic rings. The zero-order chi connectivity index (χ0) is 18.0. The topological polar surface area (TPSA) is 44.1 Å². The van der Waals surface area contributed by atoms with E-state index in [-0.39, 0.29) is 12.1 Å². The Labute approximate surface area is 150 Å². The van der Waals surface area contributed by atoms with Crippen LogP contribution in [0.1, 0.15) is 48.3 Å². The molecule has 0 fully saturated rings. The van der Waals surface area contributed by atoms with Crippen LogP contribution in [0.4, 0.5) is 0 Å². The van der Waals surface area contributed by atoms with Crippen LogP contribution in [0.5, 0.6) is 0 Å². The molecule has 0 aliphatic heterocycles. The SMILES string of the molecule is Cc1nn(CC(C)C)c(C)c1CC(=O)OC1CCc2ccccc2C1. The van der Waals surface area contributed by atoms with Gasteiger partial charge in [-0.2, -0.15) is 5.10 Å². The number of nitrogens with zero attached hydrogens (tertiary/aromatic N) is 2. The summed E-state index contributed by atoms with van der Waals surface area (Å²) in [6.45, 7) is 9.24. The number of ether oxygens (including phenoxy) is 1. The van der Waals surface area contributed by atoms with Crippen molar-refractivity contribution in [2.75, 3.05) is 0 Å². The molecule has 3 rings (SSSR count). The van der Waals surface area contributed by atoms with Gasteiger partial charge in [0.2, 0.25) is 0 Å². The van der Waals surface area contributed by atoms with Gasteiger partial charge in [0.15, 0.2) is 0 Å². The molecule has 0 bridgehead atoms. The molecule has 1 heterocycles. The maximum atomic E-state index is 12.5.